The zero-order valence-corrected chi connectivity index (χ0v) is 14.1. The Morgan fingerprint density at radius 3 is 2.39 bits per heavy atom. The molecule has 23 heavy (non-hydrogen) atoms. The van der Waals surface area contributed by atoms with Crippen molar-refractivity contribution in [2.75, 3.05) is 4.72 Å². The molecule has 1 aliphatic rings. The van der Waals surface area contributed by atoms with Crippen molar-refractivity contribution in [2.45, 2.75) is 23.8 Å². The third-order valence-electron chi connectivity index (χ3n) is 3.28. The number of amides is 1. The maximum atomic E-state index is 12.4. The fraction of sp³-hybridized carbons (Fsp3) is 0.214. The number of rotatable bonds is 5. The van der Waals surface area contributed by atoms with Crippen molar-refractivity contribution in [3.8, 4) is 0 Å². The topological polar surface area (TPSA) is 91.1 Å². The summed E-state index contributed by atoms with van der Waals surface area (Å²) in [5, 5.41) is 2.84. The zero-order valence-electron chi connectivity index (χ0n) is 11.8. The van der Waals surface area contributed by atoms with E-state index in [9.17, 15) is 13.2 Å². The molecule has 1 fully saturated rings. The maximum Gasteiger partial charge on any atom is 0.267 e. The number of aromatic amines is 1. The number of sulfonamides is 1. The fourth-order valence-corrected chi connectivity index (χ4v) is 4.18. The summed E-state index contributed by atoms with van der Waals surface area (Å²) in [6.45, 7) is 0. The number of carbonyl (C=O) groups is 1. The molecule has 0 unspecified atom stereocenters. The van der Waals surface area contributed by atoms with Crippen LogP contribution in [0.15, 0.2) is 35.2 Å². The maximum absolute atomic E-state index is 12.4. The summed E-state index contributed by atoms with van der Waals surface area (Å²) in [4.78, 5) is 14.4. The van der Waals surface area contributed by atoms with E-state index in [0.29, 0.717) is 0 Å². The molecule has 2 aromatic rings. The quantitative estimate of drug-likeness (QED) is 0.751. The van der Waals surface area contributed by atoms with Gasteiger partial charge in [0.05, 0.1) is 10.0 Å². The molecule has 0 atom stereocenters. The molecule has 9 heteroatoms. The van der Waals surface area contributed by atoms with Crippen LogP contribution in [0.2, 0.25) is 10.0 Å². The molecule has 1 aromatic heterocycles. The Bertz CT molecular complexity index is 840. The number of carbonyl (C=O) groups excluding carboxylic acids is 1. The standard InChI is InChI=1S/C14H13Cl2N3O3S/c15-9-2-1-3-10(16)13(9)23(21,22)19-12-7-6-11(18-12)14(20)17-8-4-5-8/h1-3,6-8,18-19H,4-5H2,(H,17,20). The van der Waals surface area contributed by atoms with Gasteiger partial charge in [-0.25, -0.2) is 8.42 Å². The minimum atomic E-state index is -3.97. The van der Waals surface area contributed by atoms with Crippen molar-refractivity contribution in [3.05, 3.63) is 46.1 Å². The van der Waals surface area contributed by atoms with Crippen molar-refractivity contribution >= 4 is 45.0 Å². The van der Waals surface area contributed by atoms with Crippen LogP contribution in [0.4, 0.5) is 5.82 Å². The van der Waals surface area contributed by atoms with Crippen molar-refractivity contribution in [1.29, 1.82) is 0 Å². The lowest BCUT2D eigenvalue weighted by Crippen LogP contribution is -2.25. The molecule has 6 nitrogen and oxygen atoms in total. The van der Waals surface area contributed by atoms with E-state index in [1.54, 1.807) is 6.07 Å². The highest BCUT2D eigenvalue weighted by Gasteiger charge is 2.25. The van der Waals surface area contributed by atoms with E-state index in [2.05, 4.69) is 15.0 Å². The molecule has 1 aromatic carbocycles. The molecule has 122 valence electrons. The molecule has 1 saturated carbocycles. The lowest BCUT2D eigenvalue weighted by Gasteiger charge is -2.09. The number of anilines is 1. The Labute approximate surface area is 143 Å². The van der Waals surface area contributed by atoms with Crippen LogP contribution in [0.3, 0.4) is 0 Å². The Morgan fingerprint density at radius 1 is 1.13 bits per heavy atom. The molecule has 1 heterocycles. The number of hydrogen-bond acceptors (Lipinski definition) is 3. The minimum Gasteiger partial charge on any atom is -0.348 e. The number of hydrogen-bond donors (Lipinski definition) is 3. The molecular weight excluding hydrogens is 361 g/mol. The molecule has 3 N–H and O–H groups in total. The summed E-state index contributed by atoms with van der Waals surface area (Å²) in [6.07, 6.45) is 1.94. The fourth-order valence-electron chi connectivity index (χ4n) is 2.01. The van der Waals surface area contributed by atoms with Gasteiger partial charge in [0.1, 0.15) is 16.4 Å². The van der Waals surface area contributed by atoms with Gasteiger partial charge in [-0.15, -0.1) is 0 Å². The lowest BCUT2D eigenvalue weighted by atomic mass is 10.4. The molecule has 3 rings (SSSR count). The normalized spacial score (nSPS) is 14.5. The van der Waals surface area contributed by atoms with Crippen LogP contribution < -0.4 is 10.0 Å². The van der Waals surface area contributed by atoms with E-state index in [1.807, 2.05) is 0 Å². The molecule has 1 aliphatic carbocycles. The number of halogens is 2. The third kappa shape index (κ3) is 3.63. The van der Waals surface area contributed by atoms with Crippen molar-refractivity contribution in [2.24, 2.45) is 0 Å². The van der Waals surface area contributed by atoms with E-state index < -0.39 is 10.0 Å². The Morgan fingerprint density at radius 2 is 1.78 bits per heavy atom. The minimum absolute atomic E-state index is 0.0169. The number of H-pyrrole nitrogens is 1. The second kappa shape index (κ2) is 6.07. The largest absolute Gasteiger partial charge is 0.348 e. The highest BCUT2D eigenvalue weighted by Crippen LogP contribution is 2.30. The van der Waals surface area contributed by atoms with E-state index in [0.717, 1.165) is 12.8 Å². The van der Waals surface area contributed by atoms with Crippen molar-refractivity contribution in [1.82, 2.24) is 10.3 Å². The average molecular weight is 374 g/mol. The highest BCUT2D eigenvalue weighted by atomic mass is 35.5. The summed E-state index contributed by atoms with van der Waals surface area (Å²) in [7, 11) is -3.97. The highest BCUT2D eigenvalue weighted by molar-refractivity contribution is 7.93. The Hall–Kier alpha value is -1.70. The van der Waals surface area contributed by atoms with Gasteiger partial charge in [0.2, 0.25) is 0 Å². The average Bonchev–Trinajstić information content (AvgIpc) is 3.14. The lowest BCUT2D eigenvalue weighted by molar-refractivity contribution is 0.0946. The van der Waals surface area contributed by atoms with E-state index in [4.69, 9.17) is 23.2 Å². The SMILES string of the molecule is O=C(NC1CC1)c1ccc(NS(=O)(=O)c2c(Cl)cccc2Cl)[nH]1. The molecule has 1 amide bonds. The van der Waals surface area contributed by atoms with Crippen LogP contribution >= 0.6 is 23.2 Å². The van der Waals surface area contributed by atoms with Crippen LogP contribution in [-0.2, 0) is 10.0 Å². The first-order valence-corrected chi connectivity index (χ1v) is 9.07. The first kappa shape index (κ1) is 16.2. The summed E-state index contributed by atoms with van der Waals surface area (Å²) >= 11 is 11.8. The van der Waals surface area contributed by atoms with Crippen molar-refractivity contribution < 1.29 is 13.2 Å². The van der Waals surface area contributed by atoms with Gasteiger partial charge in [-0.05, 0) is 37.1 Å². The predicted molar refractivity (Wildman–Crippen MR) is 88.6 cm³/mol. The Kier molecular flexibility index (Phi) is 4.27. The van der Waals surface area contributed by atoms with Gasteiger partial charge in [-0.3, -0.25) is 9.52 Å². The smallest absolute Gasteiger partial charge is 0.267 e. The van der Waals surface area contributed by atoms with Gasteiger partial charge < -0.3 is 10.3 Å². The second-order valence-electron chi connectivity index (χ2n) is 5.19. The van der Waals surface area contributed by atoms with Crippen LogP contribution in [-0.4, -0.2) is 25.4 Å². The molecule has 0 aliphatic heterocycles. The van der Waals surface area contributed by atoms with Gasteiger partial charge in [0.25, 0.3) is 15.9 Å². The number of aromatic nitrogens is 1. The summed E-state index contributed by atoms with van der Waals surface area (Å²) < 4.78 is 27.1. The van der Waals surface area contributed by atoms with Crippen molar-refractivity contribution in [3.63, 3.8) is 0 Å². The molecule has 0 radical (unpaired) electrons. The Balaban J connectivity index is 1.81. The number of benzene rings is 1. The summed E-state index contributed by atoms with van der Waals surface area (Å²) in [5.41, 5.74) is 0.278. The van der Waals surface area contributed by atoms with Crippen LogP contribution in [0, 0.1) is 0 Å². The third-order valence-corrected chi connectivity index (χ3v) is 5.60. The number of nitrogens with one attached hydrogen (secondary N) is 3. The van der Waals surface area contributed by atoms with Crippen LogP contribution in [0.25, 0.3) is 0 Å². The second-order valence-corrected chi connectivity index (χ2v) is 7.62. The van der Waals surface area contributed by atoms with E-state index >= 15 is 0 Å². The zero-order chi connectivity index (χ0) is 16.6. The molecule has 0 bridgehead atoms. The first-order valence-electron chi connectivity index (χ1n) is 6.83. The van der Waals surface area contributed by atoms with Gasteiger partial charge in [0.15, 0.2) is 0 Å². The van der Waals surface area contributed by atoms with E-state index in [-0.39, 0.29) is 38.4 Å². The molecule has 0 spiro atoms. The van der Waals surface area contributed by atoms with Gasteiger partial charge in [-0.1, -0.05) is 29.3 Å². The van der Waals surface area contributed by atoms with Crippen LogP contribution in [0.5, 0.6) is 0 Å². The summed E-state index contributed by atoms with van der Waals surface area (Å²) in [5.74, 6) is -0.115. The van der Waals surface area contributed by atoms with Gasteiger partial charge >= 0.3 is 0 Å². The van der Waals surface area contributed by atoms with E-state index in [1.165, 1.54) is 24.3 Å². The van der Waals surface area contributed by atoms with Crippen LogP contribution in [0.1, 0.15) is 23.3 Å². The predicted octanol–water partition coefficient (Wildman–Crippen LogP) is 3.01. The monoisotopic (exact) mass is 373 g/mol. The van der Waals surface area contributed by atoms with Gasteiger partial charge in [-0.2, -0.15) is 0 Å². The molecule has 0 saturated heterocycles. The summed E-state index contributed by atoms with van der Waals surface area (Å²) in [6, 6.07) is 7.61. The first-order chi connectivity index (χ1) is 10.9. The molecular formula is C14H13Cl2N3O3S. The van der Waals surface area contributed by atoms with Gasteiger partial charge in [0, 0.05) is 6.04 Å².